The second-order valence-electron chi connectivity index (χ2n) is 6.05. The Morgan fingerprint density at radius 1 is 1.23 bits per heavy atom. The van der Waals surface area contributed by atoms with Crippen molar-refractivity contribution in [2.45, 2.75) is 20.3 Å². The topological polar surface area (TPSA) is 68.7 Å². The van der Waals surface area contributed by atoms with E-state index in [2.05, 4.69) is 24.0 Å². The fourth-order valence-electron chi connectivity index (χ4n) is 2.69. The first-order valence-corrected chi connectivity index (χ1v) is 9.49. The van der Waals surface area contributed by atoms with E-state index in [4.69, 9.17) is 9.47 Å². The van der Waals surface area contributed by atoms with E-state index in [0.717, 1.165) is 17.0 Å². The van der Waals surface area contributed by atoms with Crippen LogP contribution in [0.3, 0.4) is 0 Å². The van der Waals surface area contributed by atoms with Crippen molar-refractivity contribution >= 4 is 23.2 Å². The molecule has 1 amide bonds. The number of morpholine rings is 1. The van der Waals surface area contributed by atoms with Gasteiger partial charge in [-0.15, -0.1) is 11.3 Å². The minimum atomic E-state index is -0.502. The standard InChI is InChI=1S/C19H22N2O4S/c1-3-14-4-6-15(7-5-14)18-20-13(2)17(26-18)19(23)25-12-16(22)21-8-10-24-11-9-21/h4-7H,3,8-12H2,1-2H3. The number of esters is 1. The highest BCUT2D eigenvalue weighted by Gasteiger charge is 2.21. The van der Waals surface area contributed by atoms with E-state index in [1.54, 1.807) is 11.8 Å². The number of rotatable bonds is 5. The molecular formula is C19H22N2O4S. The normalized spacial score (nSPS) is 14.3. The lowest BCUT2D eigenvalue weighted by molar-refractivity contribution is -0.138. The van der Waals surface area contributed by atoms with Crippen LogP contribution in [0.5, 0.6) is 0 Å². The molecule has 138 valence electrons. The maximum absolute atomic E-state index is 12.4. The fourth-order valence-corrected chi connectivity index (χ4v) is 3.65. The number of carbonyl (C=O) groups excluding carboxylic acids is 2. The van der Waals surface area contributed by atoms with Crippen molar-refractivity contribution in [2.24, 2.45) is 0 Å². The predicted octanol–water partition coefficient (Wildman–Crippen LogP) is 2.70. The molecule has 0 N–H and O–H groups in total. The van der Waals surface area contributed by atoms with Gasteiger partial charge in [0.05, 0.1) is 18.9 Å². The third kappa shape index (κ3) is 4.28. The van der Waals surface area contributed by atoms with Crippen LogP contribution < -0.4 is 0 Å². The molecule has 26 heavy (non-hydrogen) atoms. The number of benzene rings is 1. The van der Waals surface area contributed by atoms with Gasteiger partial charge in [0, 0.05) is 18.7 Å². The summed E-state index contributed by atoms with van der Waals surface area (Å²) in [5, 5.41) is 0.775. The van der Waals surface area contributed by atoms with Gasteiger partial charge in [-0.1, -0.05) is 31.2 Å². The highest BCUT2D eigenvalue weighted by Crippen LogP contribution is 2.28. The molecule has 0 spiro atoms. The molecule has 2 heterocycles. The van der Waals surface area contributed by atoms with E-state index in [0.29, 0.717) is 36.9 Å². The lowest BCUT2D eigenvalue weighted by Crippen LogP contribution is -2.42. The molecule has 6 nitrogen and oxygen atoms in total. The average Bonchev–Trinajstić information content (AvgIpc) is 3.08. The lowest BCUT2D eigenvalue weighted by Gasteiger charge is -2.26. The second-order valence-corrected chi connectivity index (χ2v) is 7.05. The summed E-state index contributed by atoms with van der Waals surface area (Å²) in [6.45, 7) is 5.75. The van der Waals surface area contributed by atoms with Gasteiger partial charge in [0.2, 0.25) is 0 Å². The Bertz CT molecular complexity index is 779. The number of aryl methyl sites for hydroxylation is 2. The van der Waals surface area contributed by atoms with Crippen LogP contribution >= 0.6 is 11.3 Å². The molecule has 1 aliphatic heterocycles. The summed E-state index contributed by atoms with van der Waals surface area (Å²) in [7, 11) is 0. The number of aromatic nitrogens is 1. The molecular weight excluding hydrogens is 352 g/mol. The number of amides is 1. The maximum Gasteiger partial charge on any atom is 0.350 e. The predicted molar refractivity (Wildman–Crippen MR) is 99.3 cm³/mol. The van der Waals surface area contributed by atoms with Gasteiger partial charge in [0.25, 0.3) is 5.91 Å². The first-order valence-electron chi connectivity index (χ1n) is 8.68. The van der Waals surface area contributed by atoms with Crippen molar-refractivity contribution in [1.29, 1.82) is 0 Å². The van der Waals surface area contributed by atoms with Crippen LogP contribution in [0.2, 0.25) is 0 Å². The van der Waals surface area contributed by atoms with Crippen molar-refractivity contribution in [3.05, 3.63) is 40.4 Å². The molecule has 3 rings (SSSR count). The smallest absolute Gasteiger partial charge is 0.350 e. The van der Waals surface area contributed by atoms with E-state index in [1.165, 1.54) is 16.9 Å². The molecule has 0 aliphatic carbocycles. The molecule has 1 saturated heterocycles. The third-order valence-electron chi connectivity index (χ3n) is 4.28. The van der Waals surface area contributed by atoms with Gasteiger partial charge < -0.3 is 14.4 Å². The minimum Gasteiger partial charge on any atom is -0.451 e. The van der Waals surface area contributed by atoms with E-state index in [9.17, 15) is 9.59 Å². The van der Waals surface area contributed by atoms with Gasteiger partial charge in [0.15, 0.2) is 6.61 Å². The molecule has 1 fully saturated rings. The maximum atomic E-state index is 12.4. The van der Waals surface area contributed by atoms with Crippen LogP contribution in [0.4, 0.5) is 0 Å². The molecule has 1 aromatic carbocycles. The van der Waals surface area contributed by atoms with E-state index < -0.39 is 5.97 Å². The third-order valence-corrected chi connectivity index (χ3v) is 5.47. The van der Waals surface area contributed by atoms with E-state index in [1.807, 2.05) is 12.1 Å². The fraction of sp³-hybridized carbons (Fsp3) is 0.421. The Labute approximate surface area is 156 Å². The zero-order valence-corrected chi connectivity index (χ0v) is 15.8. The number of nitrogens with zero attached hydrogens (tertiary/aromatic N) is 2. The van der Waals surface area contributed by atoms with Crippen molar-refractivity contribution in [1.82, 2.24) is 9.88 Å². The van der Waals surface area contributed by atoms with Crippen LogP contribution in [-0.2, 0) is 20.7 Å². The SMILES string of the molecule is CCc1ccc(-c2nc(C)c(C(=O)OCC(=O)N3CCOCC3)s2)cc1. The van der Waals surface area contributed by atoms with E-state index >= 15 is 0 Å². The summed E-state index contributed by atoms with van der Waals surface area (Å²) in [5.41, 5.74) is 2.84. The van der Waals surface area contributed by atoms with Crippen molar-refractivity contribution < 1.29 is 19.1 Å². The van der Waals surface area contributed by atoms with Crippen LogP contribution in [0, 0.1) is 6.92 Å². The summed E-state index contributed by atoms with van der Waals surface area (Å²) in [4.78, 5) is 31.0. The Morgan fingerprint density at radius 3 is 2.58 bits per heavy atom. The molecule has 0 saturated carbocycles. The molecule has 2 aromatic rings. The number of hydrogen-bond acceptors (Lipinski definition) is 6. The zero-order chi connectivity index (χ0) is 18.5. The lowest BCUT2D eigenvalue weighted by atomic mass is 10.1. The van der Waals surface area contributed by atoms with Crippen molar-refractivity contribution in [3.63, 3.8) is 0 Å². The van der Waals surface area contributed by atoms with Crippen LogP contribution in [0.25, 0.3) is 10.6 Å². The minimum absolute atomic E-state index is 0.195. The van der Waals surface area contributed by atoms with Crippen LogP contribution in [0.1, 0.15) is 27.9 Å². The van der Waals surface area contributed by atoms with Crippen LogP contribution in [0.15, 0.2) is 24.3 Å². The Balaban J connectivity index is 1.64. The van der Waals surface area contributed by atoms with Gasteiger partial charge in [0.1, 0.15) is 9.88 Å². The summed E-state index contributed by atoms with van der Waals surface area (Å²) in [6, 6.07) is 8.14. The number of carbonyl (C=O) groups is 2. The largest absolute Gasteiger partial charge is 0.451 e. The highest BCUT2D eigenvalue weighted by molar-refractivity contribution is 7.17. The number of hydrogen-bond donors (Lipinski definition) is 0. The average molecular weight is 374 g/mol. The van der Waals surface area contributed by atoms with Gasteiger partial charge in [-0.2, -0.15) is 0 Å². The molecule has 1 aromatic heterocycles. The molecule has 0 bridgehead atoms. The Morgan fingerprint density at radius 2 is 1.92 bits per heavy atom. The first kappa shape index (κ1) is 18.5. The van der Waals surface area contributed by atoms with Gasteiger partial charge in [-0.25, -0.2) is 9.78 Å². The van der Waals surface area contributed by atoms with Crippen molar-refractivity contribution in [2.75, 3.05) is 32.9 Å². The summed E-state index contributed by atoms with van der Waals surface area (Å²) in [6.07, 6.45) is 0.978. The molecule has 0 radical (unpaired) electrons. The summed E-state index contributed by atoms with van der Waals surface area (Å²) in [5.74, 6) is -0.697. The molecule has 1 aliphatic rings. The molecule has 0 unspecified atom stereocenters. The van der Waals surface area contributed by atoms with Crippen molar-refractivity contribution in [3.8, 4) is 10.6 Å². The Hall–Kier alpha value is -2.25. The van der Waals surface area contributed by atoms with Gasteiger partial charge in [-0.3, -0.25) is 4.79 Å². The first-order chi connectivity index (χ1) is 12.6. The summed E-state index contributed by atoms with van der Waals surface area (Å²) < 4.78 is 10.4. The zero-order valence-electron chi connectivity index (χ0n) is 15.0. The highest BCUT2D eigenvalue weighted by atomic mass is 32.1. The molecule has 0 atom stereocenters. The number of ether oxygens (including phenoxy) is 2. The molecule has 7 heteroatoms. The monoisotopic (exact) mass is 374 g/mol. The Kier molecular flexibility index (Phi) is 6.00. The number of thiazole rings is 1. The van der Waals surface area contributed by atoms with E-state index in [-0.39, 0.29) is 12.5 Å². The second kappa shape index (κ2) is 8.42. The van der Waals surface area contributed by atoms with Gasteiger partial charge in [-0.05, 0) is 18.9 Å². The summed E-state index contributed by atoms with van der Waals surface area (Å²) >= 11 is 1.29. The van der Waals surface area contributed by atoms with Gasteiger partial charge >= 0.3 is 5.97 Å². The van der Waals surface area contributed by atoms with Crippen LogP contribution in [-0.4, -0.2) is 54.7 Å². The quantitative estimate of drug-likeness (QED) is 0.753.